The Labute approximate surface area is 162 Å². The minimum absolute atomic E-state index is 0.0816. The summed E-state index contributed by atoms with van der Waals surface area (Å²) in [5, 5.41) is 9.42. The second kappa shape index (κ2) is 8.11. The molecular weight excluding hydrogens is 428 g/mol. The van der Waals surface area contributed by atoms with Crippen LogP contribution in [0.2, 0.25) is 0 Å². The molecule has 0 saturated carbocycles. The minimum Gasteiger partial charge on any atom is -0.480 e. The molecule has 0 radical (unpaired) electrons. The normalized spacial score (nSPS) is 17.6. The first kappa shape index (κ1) is 19.6. The first-order chi connectivity index (χ1) is 11.7. The first-order valence-electron chi connectivity index (χ1n) is 7.25. The number of nitrogens with zero attached hydrogens (tertiary/aromatic N) is 1. The van der Waals surface area contributed by atoms with Crippen LogP contribution in [0.5, 0.6) is 0 Å². The molecule has 0 spiro atoms. The second-order valence-corrected chi connectivity index (χ2v) is 7.92. The molecular formula is C16H15BrN2O4S2. The van der Waals surface area contributed by atoms with Gasteiger partial charge in [0.1, 0.15) is 10.4 Å². The van der Waals surface area contributed by atoms with E-state index in [2.05, 4.69) is 15.9 Å². The Hall–Kier alpha value is -1.71. The Kier molecular flexibility index (Phi) is 6.36. The van der Waals surface area contributed by atoms with Crippen LogP contribution in [0.3, 0.4) is 0 Å². The molecule has 1 saturated heterocycles. The lowest BCUT2D eigenvalue weighted by atomic mass is 10.1. The summed E-state index contributed by atoms with van der Waals surface area (Å²) in [5.41, 5.74) is 6.64. The topological polar surface area (TPSA) is 101 Å². The average Bonchev–Trinajstić information content (AvgIpc) is 2.83. The van der Waals surface area contributed by atoms with Crippen molar-refractivity contribution in [1.82, 2.24) is 4.90 Å². The van der Waals surface area contributed by atoms with E-state index < -0.39 is 23.8 Å². The number of carboxylic acid groups (broad SMARTS) is 1. The Bertz CT molecular complexity index is 777. The SMILES string of the molecule is C/C(=C1/SC(=S)N(C(CCC(N)=O)C(=O)O)C1=O)c1ccc(Br)cc1. The molecule has 1 fully saturated rings. The van der Waals surface area contributed by atoms with Crippen LogP contribution in [-0.4, -0.2) is 38.2 Å². The van der Waals surface area contributed by atoms with Gasteiger partial charge in [-0.15, -0.1) is 0 Å². The van der Waals surface area contributed by atoms with Gasteiger partial charge in [0.25, 0.3) is 5.91 Å². The van der Waals surface area contributed by atoms with E-state index in [9.17, 15) is 19.5 Å². The lowest BCUT2D eigenvalue weighted by Crippen LogP contribution is -2.44. The van der Waals surface area contributed by atoms with Crippen LogP contribution < -0.4 is 5.73 Å². The first-order valence-corrected chi connectivity index (χ1v) is 9.27. The summed E-state index contributed by atoms with van der Waals surface area (Å²) in [6.45, 7) is 1.79. The van der Waals surface area contributed by atoms with Crippen LogP contribution in [0.15, 0.2) is 33.6 Å². The third-order valence-electron chi connectivity index (χ3n) is 3.68. The smallest absolute Gasteiger partial charge is 0.326 e. The van der Waals surface area contributed by atoms with Gasteiger partial charge in [0.2, 0.25) is 5.91 Å². The third-order valence-corrected chi connectivity index (χ3v) is 5.71. The van der Waals surface area contributed by atoms with E-state index in [-0.39, 0.29) is 17.2 Å². The van der Waals surface area contributed by atoms with Gasteiger partial charge in [0.15, 0.2) is 0 Å². The third kappa shape index (κ3) is 4.47. The lowest BCUT2D eigenvalue weighted by molar-refractivity contribution is -0.145. The van der Waals surface area contributed by atoms with Crippen molar-refractivity contribution in [3.63, 3.8) is 0 Å². The highest BCUT2D eigenvalue weighted by atomic mass is 79.9. The molecule has 2 rings (SSSR count). The number of nitrogens with two attached hydrogens (primary N) is 1. The van der Waals surface area contributed by atoms with E-state index >= 15 is 0 Å². The van der Waals surface area contributed by atoms with Gasteiger partial charge < -0.3 is 10.8 Å². The molecule has 1 unspecified atom stereocenters. The fraction of sp³-hybridized carbons (Fsp3) is 0.250. The van der Waals surface area contributed by atoms with Crippen molar-refractivity contribution in [2.24, 2.45) is 5.73 Å². The maximum Gasteiger partial charge on any atom is 0.326 e. The van der Waals surface area contributed by atoms with Crippen molar-refractivity contribution in [2.45, 2.75) is 25.8 Å². The highest BCUT2D eigenvalue weighted by Gasteiger charge is 2.41. The number of thiocarbonyl (C=S) groups is 1. The van der Waals surface area contributed by atoms with E-state index in [0.29, 0.717) is 10.5 Å². The molecule has 0 bridgehead atoms. The van der Waals surface area contributed by atoms with E-state index in [0.717, 1.165) is 26.7 Å². The number of thioether (sulfide) groups is 1. The summed E-state index contributed by atoms with van der Waals surface area (Å²) >= 11 is 9.62. The summed E-state index contributed by atoms with van der Waals surface area (Å²) in [6, 6.07) is 6.20. The summed E-state index contributed by atoms with van der Waals surface area (Å²) in [6.07, 6.45) is -0.222. The van der Waals surface area contributed by atoms with Gasteiger partial charge in [-0.2, -0.15) is 0 Å². The highest BCUT2D eigenvalue weighted by molar-refractivity contribution is 9.10. The van der Waals surface area contributed by atoms with Crippen LogP contribution in [0.4, 0.5) is 0 Å². The van der Waals surface area contributed by atoms with Gasteiger partial charge >= 0.3 is 5.97 Å². The summed E-state index contributed by atoms with van der Waals surface area (Å²) in [4.78, 5) is 36.7. The monoisotopic (exact) mass is 442 g/mol. The standard InChI is InChI=1S/C16H15BrN2O4S2/c1-8(9-2-4-10(17)5-3-9)13-14(21)19(16(24)25-13)11(15(22)23)6-7-12(18)20/h2-5,11H,6-7H2,1H3,(H2,18,20)(H,22,23)/b13-8-. The number of carbonyl (C=O) groups excluding carboxylic acids is 2. The van der Waals surface area contributed by atoms with Gasteiger partial charge in [-0.1, -0.05) is 52.0 Å². The van der Waals surface area contributed by atoms with Crippen LogP contribution in [-0.2, 0) is 14.4 Å². The maximum absolute atomic E-state index is 12.8. The Morgan fingerprint density at radius 1 is 1.36 bits per heavy atom. The number of allylic oxidation sites excluding steroid dienone is 1. The number of aliphatic carboxylic acids is 1. The Balaban J connectivity index is 2.34. The van der Waals surface area contributed by atoms with E-state index in [4.69, 9.17) is 18.0 Å². The largest absolute Gasteiger partial charge is 0.480 e. The summed E-state index contributed by atoms with van der Waals surface area (Å²) < 4.78 is 1.07. The molecule has 0 aromatic heterocycles. The fourth-order valence-electron chi connectivity index (χ4n) is 2.35. The van der Waals surface area contributed by atoms with Gasteiger partial charge in [-0.05, 0) is 36.6 Å². The number of carboxylic acids is 1. The zero-order valence-corrected chi connectivity index (χ0v) is 16.4. The molecule has 25 heavy (non-hydrogen) atoms. The number of hydrogen-bond donors (Lipinski definition) is 2. The number of rotatable bonds is 6. The van der Waals surface area contributed by atoms with Crippen molar-refractivity contribution in [3.05, 3.63) is 39.2 Å². The zero-order valence-electron chi connectivity index (χ0n) is 13.2. The van der Waals surface area contributed by atoms with Crippen LogP contribution in [0.25, 0.3) is 5.57 Å². The average molecular weight is 443 g/mol. The van der Waals surface area contributed by atoms with E-state index in [1.54, 1.807) is 6.92 Å². The molecule has 0 aliphatic carbocycles. The zero-order chi connectivity index (χ0) is 18.7. The molecule has 1 heterocycles. The molecule has 1 aliphatic rings. The van der Waals surface area contributed by atoms with Gasteiger partial charge in [-0.25, -0.2) is 4.79 Å². The van der Waals surface area contributed by atoms with E-state index in [1.165, 1.54) is 0 Å². The molecule has 2 amide bonds. The van der Waals surface area contributed by atoms with Crippen molar-refractivity contribution in [2.75, 3.05) is 0 Å². The molecule has 9 heteroatoms. The molecule has 1 aromatic carbocycles. The number of halogens is 1. The predicted molar refractivity (Wildman–Crippen MR) is 104 cm³/mol. The van der Waals surface area contributed by atoms with Crippen molar-refractivity contribution >= 4 is 67.6 Å². The lowest BCUT2D eigenvalue weighted by Gasteiger charge is -2.22. The number of amides is 2. The van der Waals surface area contributed by atoms with Crippen molar-refractivity contribution in [1.29, 1.82) is 0 Å². The molecule has 1 aromatic rings. The summed E-state index contributed by atoms with van der Waals surface area (Å²) in [5.74, 6) is -2.31. The molecule has 1 atom stereocenters. The quantitative estimate of drug-likeness (QED) is 0.518. The van der Waals surface area contributed by atoms with Crippen molar-refractivity contribution in [3.8, 4) is 0 Å². The van der Waals surface area contributed by atoms with Crippen molar-refractivity contribution < 1.29 is 19.5 Å². The highest BCUT2D eigenvalue weighted by Crippen LogP contribution is 2.38. The number of benzene rings is 1. The Morgan fingerprint density at radius 2 is 1.96 bits per heavy atom. The second-order valence-electron chi connectivity index (χ2n) is 5.36. The summed E-state index contributed by atoms with van der Waals surface area (Å²) in [7, 11) is 0. The number of carbonyl (C=O) groups is 3. The molecule has 6 nitrogen and oxygen atoms in total. The van der Waals surface area contributed by atoms with Crippen LogP contribution in [0, 0.1) is 0 Å². The molecule has 132 valence electrons. The van der Waals surface area contributed by atoms with Crippen LogP contribution >= 0.6 is 39.9 Å². The fourth-order valence-corrected chi connectivity index (χ4v) is 4.02. The maximum atomic E-state index is 12.8. The molecule has 3 N–H and O–H groups in total. The predicted octanol–water partition coefficient (Wildman–Crippen LogP) is 2.76. The number of primary amides is 1. The van der Waals surface area contributed by atoms with E-state index in [1.807, 2.05) is 24.3 Å². The Morgan fingerprint density at radius 3 is 2.48 bits per heavy atom. The minimum atomic E-state index is -1.22. The number of hydrogen-bond acceptors (Lipinski definition) is 5. The van der Waals surface area contributed by atoms with Gasteiger partial charge in [0.05, 0.1) is 4.91 Å². The van der Waals surface area contributed by atoms with Gasteiger partial charge in [-0.3, -0.25) is 14.5 Å². The molecule has 1 aliphatic heterocycles. The van der Waals surface area contributed by atoms with Crippen LogP contribution in [0.1, 0.15) is 25.3 Å². The van der Waals surface area contributed by atoms with Gasteiger partial charge in [0, 0.05) is 10.9 Å².